The van der Waals surface area contributed by atoms with Gasteiger partial charge in [0, 0.05) is 85.9 Å². The van der Waals surface area contributed by atoms with Gasteiger partial charge in [0.2, 0.25) is 17.7 Å². The lowest BCUT2D eigenvalue weighted by atomic mass is 9.91. The fourth-order valence-corrected chi connectivity index (χ4v) is 7.47. The number of amidine groups is 1. The number of halogens is 2. The Morgan fingerprint density at radius 3 is 2.58 bits per heavy atom. The molecule has 16 heteroatoms. The van der Waals surface area contributed by atoms with Crippen LogP contribution in [0.1, 0.15) is 60.8 Å². The van der Waals surface area contributed by atoms with Gasteiger partial charge in [0.25, 0.3) is 17.9 Å². The fourth-order valence-electron chi connectivity index (χ4n) is 7.47. The van der Waals surface area contributed by atoms with E-state index in [1.807, 2.05) is 35.2 Å². The van der Waals surface area contributed by atoms with Crippen LogP contribution in [0, 0.1) is 6.92 Å². The zero-order chi connectivity index (χ0) is 38.8. The molecule has 5 heterocycles. The quantitative estimate of drug-likeness (QED) is 0.262. The Morgan fingerprint density at radius 1 is 1.02 bits per heavy atom. The van der Waals surface area contributed by atoms with Crippen molar-refractivity contribution in [3.63, 3.8) is 0 Å². The highest BCUT2D eigenvalue weighted by Gasteiger charge is 2.29. The first-order valence-corrected chi connectivity index (χ1v) is 18.3. The van der Waals surface area contributed by atoms with Gasteiger partial charge >= 0.3 is 0 Å². The molecule has 1 aromatic heterocycles. The Bertz CT molecular complexity index is 2270. The molecule has 14 nitrogen and oxygen atoms in total. The summed E-state index contributed by atoms with van der Waals surface area (Å²) in [5, 5.41) is 7.21. The first kappa shape index (κ1) is 37.1. The number of carbonyl (C=O) groups excluding carboxylic acids is 3. The minimum Gasteiger partial charge on any atom is -0.404 e. The number of imide groups is 1. The number of guanidine groups is 1. The zero-order valence-corrected chi connectivity index (χ0v) is 30.6. The van der Waals surface area contributed by atoms with Crippen molar-refractivity contribution in [3.8, 4) is 0 Å². The molecule has 0 atom stereocenters. The third-order valence-electron chi connectivity index (χ3n) is 10.4. The average molecular weight is 753 g/mol. The number of carbonyl (C=O) groups is 3. The SMILES string of the molecule is Cc1cc2c(N3CCCc4cc(/C(C=NC5CCN(C6=N/C7=N/NCC(=O)NC(=O)CCC(=O)N7C=C6)CC5)=C/N)c(C(F)F)cc43)cccc2n(C)c1=O. The second kappa shape index (κ2) is 15.7. The van der Waals surface area contributed by atoms with Gasteiger partial charge in [-0.2, -0.15) is 4.99 Å². The van der Waals surface area contributed by atoms with Gasteiger partial charge in [0.15, 0.2) is 0 Å². The lowest BCUT2D eigenvalue weighted by molar-refractivity contribution is -0.132. The number of aromatic nitrogens is 1. The van der Waals surface area contributed by atoms with Gasteiger partial charge in [-0.1, -0.05) is 6.07 Å². The number of alkyl halides is 2. The van der Waals surface area contributed by atoms with E-state index in [0.29, 0.717) is 67.1 Å². The molecule has 7 rings (SSSR count). The van der Waals surface area contributed by atoms with Crippen LogP contribution in [0.25, 0.3) is 16.5 Å². The second-order valence-corrected chi connectivity index (χ2v) is 13.9. The van der Waals surface area contributed by atoms with E-state index >= 15 is 0 Å². The molecule has 4 aliphatic heterocycles. The third kappa shape index (κ3) is 7.61. The number of hydrogen-bond acceptors (Lipinski definition) is 11. The summed E-state index contributed by atoms with van der Waals surface area (Å²) in [6, 6.07) is 10.9. The van der Waals surface area contributed by atoms with E-state index in [1.54, 1.807) is 43.1 Å². The van der Waals surface area contributed by atoms with Crippen molar-refractivity contribution in [1.29, 1.82) is 0 Å². The number of allylic oxidation sites excluding steroid dienone is 1. The predicted molar refractivity (Wildman–Crippen MR) is 207 cm³/mol. The van der Waals surface area contributed by atoms with Crippen molar-refractivity contribution < 1.29 is 23.2 Å². The molecular weight excluding hydrogens is 710 g/mol. The number of benzene rings is 2. The lowest BCUT2D eigenvalue weighted by Crippen LogP contribution is -2.43. The number of nitrogens with one attached hydrogen (secondary N) is 2. The molecule has 0 unspecified atom stereocenters. The van der Waals surface area contributed by atoms with Crippen molar-refractivity contribution in [3.05, 3.63) is 87.5 Å². The van der Waals surface area contributed by atoms with Crippen molar-refractivity contribution in [1.82, 2.24) is 25.1 Å². The topological polar surface area (TPSA) is 170 Å². The Hall–Kier alpha value is -6.19. The summed E-state index contributed by atoms with van der Waals surface area (Å²) >= 11 is 0. The van der Waals surface area contributed by atoms with Crippen LogP contribution >= 0.6 is 0 Å². The highest BCUT2D eigenvalue weighted by molar-refractivity contribution is 6.11. The number of fused-ring (bicyclic) bond motifs is 3. The van der Waals surface area contributed by atoms with Crippen LogP contribution in [0.5, 0.6) is 0 Å². The van der Waals surface area contributed by atoms with Gasteiger partial charge < -0.3 is 20.1 Å². The van der Waals surface area contributed by atoms with E-state index in [0.717, 1.165) is 28.6 Å². The number of aliphatic imine (C=N–C) groups is 2. The fraction of sp³-hybridized carbons (Fsp3) is 0.359. The number of amides is 3. The maximum absolute atomic E-state index is 14.8. The monoisotopic (exact) mass is 752 g/mol. The molecular formula is C39H42F2N10O4. The van der Waals surface area contributed by atoms with E-state index in [-0.39, 0.29) is 48.4 Å². The predicted octanol–water partition coefficient (Wildman–Crippen LogP) is 3.76. The van der Waals surface area contributed by atoms with Gasteiger partial charge in [-0.25, -0.2) is 8.78 Å². The number of hydrazone groups is 1. The number of piperidine rings is 1. The van der Waals surface area contributed by atoms with Gasteiger partial charge in [-0.3, -0.25) is 39.8 Å². The first-order valence-electron chi connectivity index (χ1n) is 18.3. The molecule has 1 saturated heterocycles. The summed E-state index contributed by atoms with van der Waals surface area (Å²) in [6.07, 6.45) is 5.96. The number of likely N-dealkylation sites (tertiary alicyclic amines) is 1. The highest BCUT2D eigenvalue weighted by Crippen LogP contribution is 2.41. The molecule has 0 bridgehead atoms. The van der Waals surface area contributed by atoms with Crippen LogP contribution < -0.4 is 26.9 Å². The molecule has 55 heavy (non-hydrogen) atoms. The van der Waals surface area contributed by atoms with E-state index < -0.39 is 18.2 Å². The van der Waals surface area contributed by atoms with E-state index in [2.05, 4.69) is 25.7 Å². The highest BCUT2D eigenvalue weighted by atomic mass is 19.3. The van der Waals surface area contributed by atoms with E-state index in [9.17, 15) is 28.0 Å². The number of hydrogen-bond donors (Lipinski definition) is 3. The Morgan fingerprint density at radius 2 is 1.82 bits per heavy atom. The van der Waals surface area contributed by atoms with Crippen LogP contribution in [-0.4, -0.2) is 82.3 Å². The van der Waals surface area contributed by atoms with Crippen LogP contribution in [0.15, 0.2) is 74.8 Å². The van der Waals surface area contributed by atoms with Crippen LogP contribution in [0.4, 0.5) is 20.2 Å². The zero-order valence-electron chi connectivity index (χ0n) is 30.6. The number of nitrogens with two attached hydrogens (primary N) is 1. The first-order chi connectivity index (χ1) is 26.5. The number of rotatable bonds is 5. The molecule has 4 aliphatic rings. The van der Waals surface area contributed by atoms with Gasteiger partial charge in [-0.05, 0) is 80.1 Å². The van der Waals surface area contributed by atoms with Crippen LogP contribution in [0.2, 0.25) is 0 Å². The van der Waals surface area contributed by atoms with Gasteiger partial charge in [-0.15, -0.1) is 5.10 Å². The lowest BCUT2D eigenvalue weighted by Gasteiger charge is -2.34. The summed E-state index contributed by atoms with van der Waals surface area (Å²) < 4.78 is 31.3. The molecule has 3 amide bonds. The van der Waals surface area contributed by atoms with Crippen molar-refractivity contribution in [2.24, 2.45) is 27.9 Å². The third-order valence-corrected chi connectivity index (χ3v) is 10.4. The molecule has 4 N–H and O–H groups in total. The standard InChI is InChI=1S/C39H42F2N10O4/c1-23-17-29-30(48(2)38(23)55)6-3-7-31(29)50-13-4-5-24-18-27(28(37(40)41)19-32(24)50)25(20-42)21-43-26-10-14-49(15-11-26)33-12-16-51-36(54)9-8-34(52)46-35(53)22-44-47-39(51)45-33/h3,6-7,12,16-21,26,37,44H,4-5,8-11,13-15,22,42H2,1-2H3,(H,46,52,53)/b25-20+,43-21?,47-39-. The van der Waals surface area contributed by atoms with Gasteiger partial charge in [0.05, 0.1) is 17.2 Å². The van der Waals surface area contributed by atoms with Crippen molar-refractivity contribution in [2.45, 2.75) is 57.9 Å². The summed E-state index contributed by atoms with van der Waals surface area (Å²) in [6.45, 7) is 3.32. The molecule has 3 aromatic rings. The molecule has 0 spiro atoms. The minimum absolute atomic E-state index is 0.0599. The van der Waals surface area contributed by atoms with Crippen LogP contribution in [0.3, 0.4) is 0 Å². The number of nitrogens with zero attached hydrogens (tertiary/aromatic N) is 7. The number of pyridine rings is 1. The second-order valence-electron chi connectivity index (χ2n) is 13.9. The molecule has 1 fully saturated rings. The molecule has 286 valence electrons. The largest absolute Gasteiger partial charge is 0.404 e. The van der Waals surface area contributed by atoms with Crippen molar-refractivity contribution >= 4 is 63.6 Å². The normalized spacial score (nSPS) is 19.8. The Balaban J connectivity index is 1.08. The van der Waals surface area contributed by atoms with Gasteiger partial charge in [0.1, 0.15) is 12.4 Å². The number of anilines is 2. The molecule has 0 radical (unpaired) electrons. The smallest absolute Gasteiger partial charge is 0.264 e. The average Bonchev–Trinajstić information content (AvgIpc) is 3.20. The van der Waals surface area contributed by atoms with Crippen LogP contribution in [-0.2, 0) is 27.9 Å². The molecule has 2 aromatic carbocycles. The summed E-state index contributed by atoms with van der Waals surface area (Å²) in [5.74, 6) is -0.850. The summed E-state index contributed by atoms with van der Waals surface area (Å²) in [4.78, 5) is 64.0. The summed E-state index contributed by atoms with van der Waals surface area (Å²) in [7, 11) is 1.74. The Kier molecular flexibility index (Phi) is 10.6. The summed E-state index contributed by atoms with van der Waals surface area (Å²) in [5.41, 5.74) is 13.1. The molecule has 0 aliphatic carbocycles. The molecule has 0 saturated carbocycles. The maximum atomic E-state index is 14.8. The maximum Gasteiger partial charge on any atom is 0.264 e. The minimum atomic E-state index is -2.77. The Labute approximate surface area is 315 Å². The van der Waals surface area contributed by atoms with E-state index in [1.165, 1.54) is 11.1 Å². The van der Waals surface area contributed by atoms with E-state index in [4.69, 9.17) is 10.7 Å². The number of aryl methyl sites for hydroxylation is 3. The van der Waals surface area contributed by atoms with Crippen molar-refractivity contribution in [2.75, 3.05) is 31.1 Å².